The van der Waals surface area contributed by atoms with Crippen molar-refractivity contribution in [1.29, 1.82) is 0 Å². The largest absolute Gasteiger partial charge is 0.484 e. The number of benzene rings is 1. The molecule has 2 aromatic rings. The average Bonchev–Trinajstić information content (AvgIpc) is 2.90. The van der Waals surface area contributed by atoms with E-state index in [2.05, 4.69) is 15.2 Å². The Morgan fingerprint density at radius 3 is 2.52 bits per heavy atom. The SMILES string of the molecule is CCn1nccc1CNc1ccc(OCC(F)(F)F)cc1. The molecular weight excluding hydrogens is 283 g/mol. The Balaban J connectivity index is 1.88. The van der Waals surface area contributed by atoms with Crippen LogP contribution in [0.2, 0.25) is 0 Å². The minimum absolute atomic E-state index is 0.191. The van der Waals surface area contributed by atoms with Crippen LogP contribution in [-0.2, 0) is 13.1 Å². The zero-order valence-corrected chi connectivity index (χ0v) is 11.5. The van der Waals surface area contributed by atoms with E-state index in [-0.39, 0.29) is 5.75 Å². The normalized spacial score (nSPS) is 11.4. The number of hydrogen-bond donors (Lipinski definition) is 1. The van der Waals surface area contributed by atoms with Crippen LogP contribution >= 0.6 is 0 Å². The van der Waals surface area contributed by atoms with Crippen molar-refractivity contribution in [3.8, 4) is 5.75 Å². The molecule has 114 valence electrons. The van der Waals surface area contributed by atoms with Crippen molar-refractivity contribution < 1.29 is 17.9 Å². The molecule has 1 aromatic heterocycles. The summed E-state index contributed by atoms with van der Waals surface area (Å²) in [6.07, 6.45) is -2.59. The van der Waals surface area contributed by atoms with E-state index in [9.17, 15) is 13.2 Å². The second kappa shape index (κ2) is 6.51. The Labute approximate surface area is 120 Å². The number of ether oxygens (including phenoxy) is 1. The van der Waals surface area contributed by atoms with Crippen molar-refractivity contribution in [2.45, 2.75) is 26.2 Å². The van der Waals surface area contributed by atoms with Gasteiger partial charge in [-0.15, -0.1) is 0 Å². The van der Waals surface area contributed by atoms with Gasteiger partial charge in [0.15, 0.2) is 6.61 Å². The Bertz CT molecular complexity index is 564. The quantitative estimate of drug-likeness (QED) is 0.888. The molecule has 1 N–H and O–H groups in total. The molecule has 0 fully saturated rings. The van der Waals surface area contributed by atoms with Crippen LogP contribution in [-0.4, -0.2) is 22.6 Å². The van der Waals surface area contributed by atoms with Gasteiger partial charge in [0.1, 0.15) is 5.75 Å². The fourth-order valence-electron chi connectivity index (χ4n) is 1.82. The highest BCUT2D eigenvalue weighted by molar-refractivity contribution is 5.46. The Morgan fingerprint density at radius 2 is 1.90 bits per heavy atom. The molecule has 0 atom stereocenters. The van der Waals surface area contributed by atoms with E-state index in [1.165, 1.54) is 12.1 Å². The minimum atomic E-state index is -4.32. The second-order valence-corrected chi connectivity index (χ2v) is 4.42. The maximum Gasteiger partial charge on any atom is 0.422 e. The fraction of sp³-hybridized carbons (Fsp3) is 0.357. The van der Waals surface area contributed by atoms with Crippen LogP contribution in [0.25, 0.3) is 0 Å². The topological polar surface area (TPSA) is 39.1 Å². The molecule has 0 amide bonds. The minimum Gasteiger partial charge on any atom is -0.484 e. The van der Waals surface area contributed by atoms with Crippen molar-refractivity contribution in [3.63, 3.8) is 0 Å². The number of aromatic nitrogens is 2. The number of anilines is 1. The lowest BCUT2D eigenvalue weighted by molar-refractivity contribution is -0.153. The van der Waals surface area contributed by atoms with Crippen molar-refractivity contribution >= 4 is 5.69 Å². The van der Waals surface area contributed by atoms with Crippen molar-refractivity contribution in [2.75, 3.05) is 11.9 Å². The van der Waals surface area contributed by atoms with Crippen LogP contribution in [0.3, 0.4) is 0 Å². The standard InChI is InChI=1S/C14H16F3N3O/c1-2-20-12(7-8-19-20)9-18-11-3-5-13(6-4-11)21-10-14(15,16)17/h3-8,18H,2,9-10H2,1H3. The smallest absolute Gasteiger partial charge is 0.422 e. The van der Waals surface area contributed by atoms with Crippen LogP contribution in [0, 0.1) is 0 Å². The highest BCUT2D eigenvalue weighted by atomic mass is 19.4. The monoisotopic (exact) mass is 299 g/mol. The van der Waals surface area contributed by atoms with Crippen LogP contribution in [0.4, 0.5) is 18.9 Å². The fourth-order valence-corrected chi connectivity index (χ4v) is 1.82. The number of aryl methyl sites for hydroxylation is 1. The molecule has 0 aliphatic rings. The van der Waals surface area contributed by atoms with Crippen LogP contribution in [0.15, 0.2) is 36.5 Å². The summed E-state index contributed by atoms with van der Waals surface area (Å²) < 4.78 is 42.6. The molecule has 0 spiro atoms. The first-order valence-corrected chi connectivity index (χ1v) is 6.52. The average molecular weight is 299 g/mol. The third-order valence-electron chi connectivity index (χ3n) is 2.83. The van der Waals surface area contributed by atoms with Gasteiger partial charge in [-0.25, -0.2) is 0 Å². The first-order chi connectivity index (χ1) is 9.98. The van der Waals surface area contributed by atoms with Gasteiger partial charge < -0.3 is 10.1 Å². The van der Waals surface area contributed by atoms with Gasteiger partial charge in [-0.3, -0.25) is 4.68 Å². The Kier molecular flexibility index (Phi) is 4.72. The summed E-state index contributed by atoms with van der Waals surface area (Å²) in [4.78, 5) is 0. The molecule has 0 saturated carbocycles. The van der Waals surface area contributed by atoms with E-state index in [1.54, 1.807) is 18.3 Å². The van der Waals surface area contributed by atoms with E-state index < -0.39 is 12.8 Å². The predicted molar refractivity (Wildman–Crippen MR) is 73.2 cm³/mol. The first kappa shape index (κ1) is 15.2. The van der Waals surface area contributed by atoms with Crippen molar-refractivity contribution in [1.82, 2.24) is 9.78 Å². The lowest BCUT2D eigenvalue weighted by atomic mass is 10.3. The summed E-state index contributed by atoms with van der Waals surface area (Å²) in [6, 6.07) is 8.28. The molecule has 0 saturated heterocycles. The molecule has 0 bridgehead atoms. The summed E-state index contributed by atoms with van der Waals surface area (Å²) in [5.74, 6) is 0.191. The molecule has 1 aromatic carbocycles. The summed E-state index contributed by atoms with van der Waals surface area (Å²) >= 11 is 0. The molecule has 0 unspecified atom stereocenters. The number of nitrogens with one attached hydrogen (secondary N) is 1. The number of hydrogen-bond acceptors (Lipinski definition) is 3. The lowest BCUT2D eigenvalue weighted by Gasteiger charge is -2.11. The molecule has 2 rings (SSSR count). The third-order valence-corrected chi connectivity index (χ3v) is 2.83. The van der Waals surface area contributed by atoms with Gasteiger partial charge >= 0.3 is 6.18 Å². The zero-order valence-electron chi connectivity index (χ0n) is 11.5. The first-order valence-electron chi connectivity index (χ1n) is 6.52. The van der Waals surface area contributed by atoms with Gasteiger partial charge in [-0.05, 0) is 37.3 Å². The summed E-state index contributed by atoms with van der Waals surface area (Å²) in [5, 5.41) is 7.34. The molecule has 4 nitrogen and oxygen atoms in total. The van der Waals surface area contributed by atoms with Gasteiger partial charge in [0, 0.05) is 18.4 Å². The molecule has 0 aliphatic heterocycles. The highest BCUT2D eigenvalue weighted by Gasteiger charge is 2.28. The van der Waals surface area contributed by atoms with Crippen LogP contribution in [0.1, 0.15) is 12.6 Å². The lowest BCUT2D eigenvalue weighted by Crippen LogP contribution is -2.19. The van der Waals surface area contributed by atoms with Crippen LogP contribution < -0.4 is 10.1 Å². The number of alkyl halides is 3. The molecule has 1 heterocycles. The predicted octanol–water partition coefficient (Wildman–Crippen LogP) is 3.46. The second-order valence-electron chi connectivity index (χ2n) is 4.42. The summed E-state index contributed by atoms with van der Waals surface area (Å²) in [5.41, 5.74) is 1.84. The van der Waals surface area contributed by atoms with Crippen molar-refractivity contribution in [3.05, 3.63) is 42.2 Å². The zero-order chi connectivity index (χ0) is 15.3. The molecule has 21 heavy (non-hydrogen) atoms. The molecule has 0 aliphatic carbocycles. The molecule has 0 radical (unpaired) electrons. The van der Waals surface area contributed by atoms with E-state index in [1.807, 2.05) is 17.7 Å². The van der Waals surface area contributed by atoms with Gasteiger partial charge in [0.25, 0.3) is 0 Å². The number of rotatable bonds is 6. The number of nitrogens with zero attached hydrogens (tertiary/aromatic N) is 2. The summed E-state index contributed by atoms with van der Waals surface area (Å²) in [7, 11) is 0. The van der Waals surface area contributed by atoms with Gasteiger partial charge in [0.05, 0.1) is 12.2 Å². The number of halogens is 3. The highest BCUT2D eigenvalue weighted by Crippen LogP contribution is 2.20. The van der Waals surface area contributed by atoms with Gasteiger partial charge in [-0.1, -0.05) is 0 Å². The maximum atomic E-state index is 12.0. The van der Waals surface area contributed by atoms with Gasteiger partial charge in [-0.2, -0.15) is 18.3 Å². The Morgan fingerprint density at radius 1 is 1.19 bits per heavy atom. The third kappa shape index (κ3) is 4.70. The molecule has 7 heteroatoms. The van der Waals surface area contributed by atoms with E-state index >= 15 is 0 Å². The van der Waals surface area contributed by atoms with Crippen molar-refractivity contribution in [2.24, 2.45) is 0 Å². The van der Waals surface area contributed by atoms with Gasteiger partial charge in [0.2, 0.25) is 0 Å². The molecular formula is C14H16F3N3O. The Hall–Kier alpha value is -2.18. The van der Waals surface area contributed by atoms with E-state index in [4.69, 9.17) is 0 Å². The van der Waals surface area contributed by atoms with Crippen LogP contribution in [0.5, 0.6) is 5.75 Å². The van der Waals surface area contributed by atoms with E-state index in [0.717, 1.165) is 17.9 Å². The summed E-state index contributed by atoms with van der Waals surface area (Å²) in [6.45, 7) is 2.10. The van der Waals surface area contributed by atoms with E-state index in [0.29, 0.717) is 6.54 Å². The maximum absolute atomic E-state index is 12.0.